The molecule has 10 rings (SSSR count). The third kappa shape index (κ3) is 7.38. The van der Waals surface area contributed by atoms with Crippen molar-refractivity contribution in [2.24, 2.45) is 0 Å². The number of fused-ring (bicyclic) bond motifs is 4. The van der Waals surface area contributed by atoms with Crippen LogP contribution in [0.25, 0.3) is 52.9 Å². The van der Waals surface area contributed by atoms with Crippen molar-refractivity contribution in [2.75, 3.05) is 7.11 Å². The SMILES string of the molecule is COc1ccnc2c(=O)n(-c3nc4ccc(Oc5cccc(Cc6cc(OI)c7oc(=S)n(-c8nc9ccc(Oc%10ccc(F)cc%10)cc9s8)c(=O)c7n6)c5)cc4s3)c(=S)oc12. The molecule has 10 aromatic rings. The van der Waals surface area contributed by atoms with E-state index in [9.17, 15) is 14.0 Å². The third-order valence-corrected chi connectivity index (χ3v) is 12.4. The molecule has 0 fully saturated rings. The van der Waals surface area contributed by atoms with Crippen molar-refractivity contribution in [3.63, 3.8) is 0 Å². The van der Waals surface area contributed by atoms with E-state index in [1.807, 2.05) is 30.3 Å². The van der Waals surface area contributed by atoms with Gasteiger partial charge in [0.05, 0.1) is 27.5 Å². The van der Waals surface area contributed by atoms with Crippen LogP contribution < -0.4 is 28.4 Å². The van der Waals surface area contributed by atoms with Crippen molar-refractivity contribution < 1.29 is 30.5 Å². The molecule has 0 saturated carbocycles. The van der Waals surface area contributed by atoms with E-state index in [1.165, 1.54) is 69.4 Å². The summed E-state index contributed by atoms with van der Waals surface area (Å²) in [6, 6.07) is 27.0. The second-order valence-corrected chi connectivity index (χ2v) is 16.5. The van der Waals surface area contributed by atoms with Crippen molar-refractivity contribution >= 4 is 113 Å². The molecule has 0 aliphatic carbocycles. The minimum Gasteiger partial charge on any atom is -0.493 e. The maximum Gasteiger partial charge on any atom is 0.290 e. The Kier molecular flexibility index (Phi) is 10.3. The van der Waals surface area contributed by atoms with Crippen molar-refractivity contribution in [3.8, 4) is 44.8 Å². The highest BCUT2D eigenvalue weighted by Gasteiger charge is 2.21. The molecule has 0 radical (unpaired) electrons. The lowest BCUT2D eigenvalue weighted by atomic mass is 10.1. The minimum atomic E-state index is -0.533. The molecule has 14 nitrogen and oxygen atoms in total. The molecule has 0 atom stereocenters. The van der Waals surface area contributed by atoms with Crippen LogP contribution in [0.4, 0.5) is 4.39 Å². The lowest BCUT2D eigenvalue weighted by Gasteiger charge is -2.10. The van der Waals surface area contributed by atoms with E-state index in [0.717, 1.165) is 15.0 Å². The van der Waals surface area contributed by atoms with Crippen molar-refractivity contribution in [2.45, 2.75) is 6.42 Å². The summed E-state index contributed by atoms with van der Waals surface area (Å²) in [4.78, 5) is 45.6. The summed E-state index contributed by atoms with van der Waals surface area (Å²) in [7, 11) is 1.47. The number of aromatic nitrogens is 6. The number of nitrogens with zero attached hydrogens (tertiary/aromatic N) is 6. The first-order chi connectivity index (χ1) is 30.1. The van der Waals surface area contributed by atoms with Crippen LogP contribution in [-0.2, 0) is 6.42 Å². The fourth-order valence-electron chi connectivity index (χ4n) is 6.57. The van der Waals surface area contributed by atoms with Crippen LogP contribution in [0.15, 0.2) is 122 Å². The summed E-state index contributed by atoms with van der Waals surface area (Å²) < 4.78 is 52.1. The van der Waals surface area contributed by atoms with Crippen LogP contribution in [0.3, 0.4) is 0 Å². The number of methoxy groups -OCH3 is 1. The molecule has 6 aromatic heterocycles. The van der Waals surface area contributed by atoms with E-state index in [1.54, 1.807) is 65.5 Å². The number of benzene rings is 4. The molecular formula is C42H22FIN6O8S4. The van der Waals surface area contributed by atoms with Gasteiger partial charge in [-0.05, 0) is 90.7 Å². The van der Waals surface area contributed by atoms with Crippen LogP contribution in [0.5, 0.6) is 34.5 Å². The second kappa shape index (κ2) is 16.1. The number of ether oxygens (including phenoxy) is 3. The van der Waals surface area contributed by atoms with Gasteiger partial charge in [0, 0.05) is 42.6 Å². The first-order valence-electron chi connectivity index (χ1n) is 18.1. The van der Waals surface area contributed by atoms with Crippen LogP contribution in [0, 0.1) is 15.5 Å². The molecule has 0 saturated heterocycles. The largest absolute Gasteiger partial charge is 0.493 e. The molecule has 0 N–H and O–H groups in total. The Morgan fingerprint density at radius 2 is 1.27 bits per heavy atom. The fraction of sp³-hybridized carbons (Fsp3) is 0.0476. The number of hydrogen-bond acceptors (Lipinski definition) is 16. The standard InChI is InChI=1S/C42H22FIN6O8S4/c1-53-29-13-14-45-33-35(29)56-41(59)49(37(33)51)39-47-28-12-10-26(19-32(28)61-39)55-24-4-2-3-20(16-24)15-22-17-30(58-44)36-34(46-22)38(52)50(42(60)57-36)40-48-27-11-9-25(18-31(27)62-40)54-23-7-5-21(43)6-8-23/h2-14,16-19H,15H2,1H3. The van der Waals surface area contributed by atoms with Crippen LogP contribution in [0.2, 0.25) is 0 Å². The summed E-state index contributed by atoms with van der Waals surface area (Å²) in [5.41, 5.74) is 1.90. The average molecular weight is 1010 g/mol. The second-order valence-electron chi connectivity index (χ2n) is 13.3. The summed E-state index contributed by atoms with van der Waals surface area (Å²) >= 11 is 15.2. The molecule has 20 heteroatoms. The van der Waals surface area contributed by atoms with E-state index < -0.39 is 11.1 Å². The van der Waals surface area contributed by atoms with Gasteiger partial charge >= 0.3 is 0 Å². The van der Waals surface area contributed by atoms with Gasteiger partial charge in [-0.15, -0.1) is 0 Å². The maximum absolute atomic E-state index is 14.1. The molecule has 306 valence electrons. The summed E-state index contributed by atoms with van der Waals surface area (Å²) in [6.07, 6.45) is 1.76. The van der Waals surface area contributed by atoms with E-state index in [0.29, 0.717) is 57.0 Å². The van der Waals surface area contributed by atoms with Crippen LogP contribution in [0.1, 0.15) is 11.3 Å². The molecule has 0 unspecified atom stereocenters. The third-order valence-electron chi connectivity index (χ3n) is 9.37. The number of thiazole rings is 2. The highest BCUT2D eigenvalue weighted by atomic mass is 127. The Labute approximate surface area is 378 Å². The van der Waals surface area contributed by atoms with Gasteiger partial charge in [-0.1, -0.05) is 34.8 Å². The predicted octanol–water partition coefficient (Wildman–Crippen LogP) is 11.0. The number of hydrogen-bond donors (Lipinski definition) is 0. The number of halogens is 2. The van der Waals surface area contributed by atoms with Gasteiger partial charge in [-0.25, -0.2) is 33.5 Å². The van der Waals surface area contributed by atoms with Crippen LogP contribution >= 0.6 is 70.1 Å². The maximum atomic E-state index is 14.1. The molecule has 0 aliphatic rings. The quantitative estimate of drug-likeness (QED) is 0.0941. The monoisotopic (exact) mass is 1010 g/mol. The zero-order valence-electron chi connectivity index (χ0n) is 31.4. The molecule has 4 aromatic carbocycles. The van der Waals surface area contributed by atoms with Crippen molar-refractivity contribution in [3.05, 3.63) is 151 Å². The molecule has 6 heterocycles. The van der Waals surface area contributed by atoms with Gasteiger partial charge in [-0.3, -0.25) is 9.59 Å². The Morgan fingerprint density at radius 1 is 0.694 bits per heavy atom. The Hall–Kier alpha value is -6.46. The average Bonchev–Trinajstić information content (AvgIpc) is 3.88. The highest BCUT2D eigenvalue weighted by molar-refractivity contribution is 14.1. The normalized spacial score (nSPS) is 11.5. The molecule has 0 bridgehead atoms. The van der Waals surface area contributed by atoms with Gasteiger partial charge in [-0.2, -0.15) is 0 Å². The van der Waals surface area contributed by atoms with Crippen molar-refractivity contribution in [1.82, 2.24) is 29.1 Å². The molecule has 0 aliphatic heterocycles. The first-order valence-corrected chi connectivity index (χ1v) is 21.4. The Morgan fingerprint density at radius 3 is 1.90 bits per heavy atom. The molecule has 0 amide bonds. The zero-order valence-corrected chi connectivity index (χ0v) is 36.8. The first kappa shape index (κ1) is 39.7. The summed E-state index contributed by atoms with van der Waals surface area (Å²) in [5, 5.41) is 0.595. The van der Waals surface area contributed by atoms with Crippen molar-refractivity contribution in [1.29, 1.82) is 0 Å². The number of pyridine rings is 2. The topological polar surface area (TPSA) is 159 Å². The Balaban J connectivity index is 0.921. The fourth-order valence-corrected chi connectivity index (χ4v) is 9.50. The minimum absolute atomic E-state index is 0.00534. The predicted molar refractivity (Wildman–Crippen MR) is 244 cm³/mol. The summed E-state index contributed by atoms with van der Waals surface area (Å²) in [6.45, 7) is 0. The van der Waals surface area contributed by atoms with Gasteiger partial charge in [0.15, 0.2) is 45.5 Å². The highest BCUT2D eigenvalue weighted by Crippen LogP contribution is 2.34. The lowest BCUT2D eigenvalue weighted by Crippen LogP contribution is -2.20. The van der Waals surface area contributed by atoms with Gasteiger partial charge in [0.2, 0.25) is 21.4 Å². The van der Waals surface area contributed by atoms with Gasteiger partial charge in [0.1, 0.15) is 28.8 Å². The van der Waals surface area contributed by atoms with E-state index in [4.69, 9.17) is 55.5 Å². The van der Waals surface area contributed by atoms with E-state index in [-0.39, 0.29) is 48.6 Å². The van der Waals surface area contributed by atoms with Crippen LogP contribution in [-0.4, -0.2) is 36.2 Å². The van der Waals surface area contributed by atoms with Gasteiger partial charge < -0.3 is 26.1 Å². The molecular weight excluding hydrogens is 991 g/mol. The molecule has 0 spiro atoms. The molecule has 62 heavy (non-hydrogen) atoms. The smallest absolute Gasteiger partial charge is 0.290 e. The Bertz CT molecular complexity index is 3680. The lowest BCUT2D eigenvalue weighted by molar-refractivity contribution is 0.404. The zero-order chi connectivity index (χ0) is 42.6. The summed E-state index contributed by atoms with van der Waals surface area (Å²) in [5.74, 6) is 2.30. The number of rotatable bonds is 10. The van der Waals surface area contributed by atoms with E-state index >= 15 is 0 Å². The van der Waals surface area contributed by atoms with E-state index in [2.05, 4.69) is 15.0 Å². The van der Waals surface area contributed by atoms with Gasteiger partial charge in [0.25, 0.3) is 20.8 Å².